The highest BCUT2D eigenvalue weighted by molar-refractivity contribution is 7.47. The SMILES string of the molecule is CCCCCCC/C=C\C/C=C\C/C=C\CCCCCCCCCCCCCCCCCCC(=O)NC(COP(=O)(O)OCC[N+](C)(C)C)C(O)/C=C/CC/C=C/CCCCCCCCCCCCCCCCCC. The molecule has 8 nitrogen and oxygen atoms in total. The van der Waals surface area contributed by atoms with Crippen LogP contribution < -0.4 is 5.32 Å². The van der Waals surface area contributed by atoms with Crippen LogP contribution in [-0.2, 0) is 18.4 Å². The van der Waals surface area contributed by atoms with Crippen molar-refractivity contribution >= 4 is 13.7 Å². The molecule has 3 unspecified atom stereocenters. The first kappa shape index (κ1) is 73.2. The summed E-state index contributed by atoms with van der Waals surface area (Å²) in [5.74, 6) is -0.184. The first-order valence-corrected chi connectivity index (χ1v) is 33.7. The minimum Gasteiger partial charge on any atom is -0.387 e. The molecule has 0 aromatic heterocycles. The number of likely N-dealkylation sites (N-methyl/N-ethyl adjacent to an activating group) is 1. The van der Waals surface area contributed by atoms with Crippen LogP contribution in [-0.4, -0.2) is 73.4 Å². The van der Waals surface area contributed by atoms with Crippen molar-refractivity contribution in [3.63, 3.8) is 0 Å². The summed E-state index contributed by atoms with van der Waals surface area (Å²) >= 11 is 0. The van der Waals surface area contributed by atoms with Crippen molar-refractivity contribution in [1.82, 2.24) is 5.32 Å². The van der Waals surface area contributed by atoms with Gasteiger partial charge in [-0.05, 0) is 70.6 Å². The normalized spacial score (nSPS) is 14.2. The Kier molecular flexibility index (Phi) is 55.5. The number of phosphoric ester groups is 1. The molecule has 9 heteroatoms. The first-order valence-electron chi connectivity index (χ1n) is 32.2. The average Bonchev–Trinajstić information content (AvgIpc) is 3.37. The average molecular weight is 1070 g/mol. The topological polar surface area (TPSA) is 105 Å². The zero-order chi connectivity index (χ0) is 54.9. The first-order chi connectivity index (χ1) is 36.5. The second-order valence-electron chi connectivity index (χ2n) is 23.1. The summed E-state index contributed by atoms with van der Waals surface area (Å²) in [6.07, 6.45) is 77.7. The van der Waals surface area contributed by atoms with Gasteiger partial charge in [0.15, 0.2) is 0 Å². The molecule has 0 aromatic carbocycles. The van der Waals surface area contributed by atoms with Crippen LogP contribution in [0.25, 0.3) is 0 Å². The van der Waals surface area contributed by atoms with Gasteiger partial charge in [-0.2, -0.15) is 0 Å². The lowest BCUT2D eigenvalue weighted by Gasteiger charge is -2.25. The van der Waals surface area contributed by atoms with E-state index in [0.29, 0.717) is 17.4 Å². The third-order valence-corrected chi connectivity index (χ3v) is 15.4. The van der Waals surface area contributed by atoms with Gasteiger partial charge in [-0.1, -0.05) is 286 Å². The number of rotatable bonds is 59. The van der Waals surface area contributed by atoms with Crippen LogP contribution in [0, 0.1) is 0 Å². The zero-order valence-electron chi connectivity index (χ0n) is 50.3. The highest BCUT2D eigenvalue weighted by atomic mass is 31.2. The molecule has 0 aliphatic carbocycles. The van der Waals surface area contributed by atoms with Crippen LogP contribution in [0.2, 0.25) is 0 Å². The van der Waals surface area contributed by atoms with E-state index in [4.69, 9.17) is 9.05 Å². The molecular weight excluding hydrogens is 948 g/mol. The number of nitrogens with zero attached hydrogens (tertiary/aromatic N) is 1. The van der Waals surface area contributed by atoms with E-state index in [1.165, 1.54) is 231 Å². The predicted octanol–water partition coefficient (Wildman–Crippen LogP) is 20.0. The largest absolute Gasteiger partial charge is 0.472 e. The molecule has 0 aliphatic heterocycles. The van der Waals surface area contributed by atoms with Gasteiger partial charge in [0.1, 0.15) is 13.2 Å². The molecule has 0 bridgehead atoms. The molecule has 3 N–H and O–H groups in total. The second-order valence-corrected chi connectivity index (χ2v) is 24.6. The van der Waals surface area contributed by atoms with Crippen LogP contribution in [0.4, 0.5) is 0 Å². The number of quaternary nitrogens is 1. The van der Waals surface area contributed by atoms with Crippen LogP contribution in [0.3, 0.4) is 0 Å². The van der Waals surface area contributed by atoms with Gasteiger partial charge in [0.05, 0.1) is 39.9 Å². The smallest absolute Gasteiger partial charge is 0.387 e. The number of carbonyl (C=O) groups is 1. The second kappa shape index (κ2) is 56.9. The predicted molar refractivity (Wildman–Crippen MR) is 327 cm³/mol. The Bertz CT molecular complexity index is 1400. The van der Waals surface area contributed by atoms with Crippen molar-refractivity contribution in [3.05, 3.63) is 60.8 Å². The lowest BCUT2D eigenvalue weighted by atomic mass is 10.0. The van der Waals surface area contributed by atoms with Crippen molar-refractivity contribution in [1.29, 1.82) is 0 Å². The van der Waals surface area contributed by atoms with Crippen molar-refractivity contribution in [2.75, 3.05) is 40.9 Å². The Morgan fingerprint density at radius 1 is 0.453 bits per heavy atom. The summed E-state index contributed by atoms with van der Waals surface area (Å²) in [5.41, 5.74) is 0. The van der Waals surface area contributed by atoms with Gasteiger partial charge >= 0.3 is 7.82 Å². The van der Waals surface area contributed by atoms with E-state index in [0.717, 1.165) is 51.4 Å². The van der Waals surface area contributed by atoms with Crippen LogP contribution in [0.1, 0.15) is 303 Å². The minimum atomic E-state index is -4.36. The molecule has 0 saturated heterocycles. The molecule has 0 saturated carbocycles. The Hall–Kier alpha value is -1.80. The van der Waals surface area contributed by atoms with Crippen molar-refractivity contribution in [2.45, 2.75) is 315 Å². The van der Waals surface area contributed by atoms with E-state index in [9.17, 15) is 19.4 Å². The molecule has 0 aromatic rings. The summed E-state index contributed by atoms with van der Waals surface area (Å²) in [7, 11) is 1.56. The minimum absolute atomic E-state index is 0.0557. The molecular formula is C66H126N2O6P+. The fourth-order valence-electron chi connectivity index (χ4n) is 9.42. The summed E-state index contributed by atoms with van der Waals surface area (Å²) in [4.78, 5) is 23.4. The molecule has 0 radical (unpaired) electrons. The van der Waals surface area contributed by atoms with Gasteiger partial charge in [-0.25, -0.2) is 4.57 Å². The molecule has 0 spiro atoms. The molecule has 0 heterocycles. The molecule has 0 fully saturated rings. The van der Waals surface area contributed by atoms with Crippen molar-refractivity contribution in [2.24, 2.45) is 0 Å². The van der Waals surface area contributed by atoms with E-state index < -0.39 is 20.0 Å². The lowest BCUT2D eigenvalue weighted by Crippen LogP contribution is -2.45. The number of hydrogen-bond acceptors (Lipinski definition) is 5. The highest BCUT2D eigenvalue weighted by Gasteiger charge is 2.27. The number of unbranched alkanes of at least 4 members (excludes halogenated alkanes) is 38. The quantitative estimate of drug-likeness (QED) is 0.0243. The van der Waals surface area contributed by atoms with Gasteiger partial charge in [0, 0.05) is 6.42 Å². The van der Waals surface area contributed by atoms with E-state index in [2.05, 4.69) is 67.8 Å². The molecule has 1 amide bonds. The van der Waals surface area contributed by atoms with Gasteiger partial charge in [-0.3, -0.25) is 13.8 Å². The van der Waals surface area contributed by atoms with Crippen LogP contribution in [0.5, 0.6) is 0 Å². The molecule has 0 rings (SSSR count). The molecule has 75 heavy (non-hydrogen) atoms. The van der Waals surface area contributed by atoms with E-state index in [1.807, 2.05) is 27.2 Å². The Morgan fingerprint density at radius 3 is 1.16 bits per heavy atom. The summed E-state index contributed by atoms with van der Waals surface area (Å²) < 4.78 is 23.8. The maximum atomic E-state index is 13.0. The number of phosphoric acid groups is 1. The number of aliphatic hydroxyl groups excluding tert-OH is 1. The molecule has 440 valence electrons. The van der Waals surface area contributed by atoms with Crippen molar-refractivity contribution in [3.8, 4) is 0 Å². The third-order valence-electron chi connectivity index (χ3n) is 14.5. The number of allylic oxidation sites excluding steroid dienone is 9. The number of aliphatic hydroxyl groups is 1. The van der Waals surface area contributed by atoms with Gasteiger partial charge in [0.2, 0.25) is 5.91 Å². The monoisotopic (exact) mass is 1070 g/mol. The maximum Gasteiger partial charge on any atom is 0.472 e. The summed E-state index contributed by atoms with van der Waals surface area (Å²) in [6.45, 7) is 4.82. The molecule has 0 aliphatic rings. The zero-order valence-corrected chi connectivity index (χ0v) is 51.2. The standard InChI is InChI=1S/C66H125N2O6P/c1-6-8-10-12-14-16-18-20-22-24-26-28-30-31-32-33-34-35-36-37-38-40-42-44-46-48-50-52-54-56-58-60-66(70)67-64(63-74-75(71,72)73-62-61-68(3,4)5)65(69)59-57-55-53-51-49-47-45-43-41-39-29-27-25-23-21-19-17-15-13-11-9-7-2/h18,20,24,26,30-31,49,51,57,59,64-65,69H,6-17,19,21-23,25,27-29,32-48,50,52-56,58,60-63H2,1-5H3,(H-,67,70,71,72)/p+1/b20-18-,26-24-,31-30-,51-49+,59-57+. The number of carbonyl (C=O) groups excluding carboxylic acids is 1. The number of nitrogens with one attached hydrogen (secondary N) is 1. The maximum absolute atomic E-state index is 13.0. The summed E-state index contributed by atoms with van der Waals surface area (Å²) in [6, 6.07) is -0.866. The van der Waals surface area contributed by atoms with Gasteiger partial charge in [0.25, 0.3) is 0 Å². The fraction of sp³-hybridized carbons (Fsp3) is 0.833. The van der Waals surface area contributed by atoms with E-state index in [-0.39, 0.29) is 19.1 Å². The highest BCUT2D eigenvalue weighted by Crippen LogP contribution is 2.43. The fourth-order valence-corrected chi connectivity index (χ4v) is 10.2. The van der Waals surface area contributed by atoms with Gasteiger partial charge < -0.3 is 19.8 Å². The Balaban J connectivity index is 4.14. The summed E-state index contributed by atoms with van der Waals surface area (Å²) in [5, 5.41) is 14.0. The molecule has 3 atom stereocenters. The van der Waals surface area contributed by atoms with E-state index >= 15 is 0 Å². The lowest BCUT2D eigenvalue weighted by molar-refractivity contribution is -0.870. The van der Waals surface area contributed by atoms with Gasteiger partial charge in [-0.15, -0.1) is 0 Å². The van der Waals surface area contributed by atoms with Crippen LogP contribution in [0.15, 0.2) is 60.8 Å². The van der Waals surface area contributed by atoms with Crippen molar-refractivity contribution < 1.29 is 32.9 Å². The van der Waals surface area contributed by atoms with E-state index in [1.54, 1.807) is 6.08 Å². The third kappa shape index (κ3) is 59.7. The number of hydrogen-bond donors (Lipinski definition) is 3. The number of amides is 1. The van der Waals surface area contributed by atoms with Crippen LogP contribution >= 0.6 is 7.82 Å². The Labute approximate surface area is 466 Å². The Morgan fingerprint density at radius 2 is 0.773 bits per heavy atom.